The predicted octanol–water partition coefficient (Wildman–Crippen LogP) is 2.06. The fraction of sp³-hybridized carbons (Fsp3) is 0.571. The highest BCUT2D eigenvalue weighted by Crippen LogP contribution is 2.19. The number of carbonyl (C=O) groups is 2. The van der Waals surface area contributed by atoms with Gasteiger partial charge in [0.1, 0.15) is 6.26 Å². The first-order valence-corrected chi connectivity index (χ1v) is 6.88. The van der Waals surface area contributed by atoms with Crippen molar-refractivity contribution in [2.24, 2.45) is 0 Å². The van der Waals surface area contributed by atoms with Crippen LogP contribution in [0, 0.1) is 0 Å². The Hall–Kier alpha value is -1.82. The van der Waals surface area contributed by atoms with Gasteiger partial charge in [0.2, 0.25) is 0 Å². The van der Waals surface area contributed by atoms with E-state index in [1.54, 1.807) is 0 Å². The van der Waals surface area contributed by atoms with Gasteiger partial charge < -0.3 is 19.6 Å². The average Bonchev–Trinajstić information content (AvgIpc) is 2.94. The van der Waals surface area contributed by atoms with Gasteiger partial charge in [0.15, 0.2) is 5.76 Å². The van der Waals surface area contributed by atoms with Crippen molar-refractivity contribution in [1.29, 1.82) is 0 Å². The third kappa shape index (κ3) is 4.09. The molecule has 1 heterocycles. The summed E-state index contributed by atoms with van der Waals surface area (Å²) in [6.45, 7) is 0.849. The lowest BCUT2D eigenvalue weighted by molar-refractivity contribution is 0.0298. The molecule has 1 fully saturated rings. The van der Waals surface area contributed by atoms with Crippen LogP contribution in [-0.4, -0.2) is 36.2 Å². The molecule has 1 aliphatic carbocycles. The first-order chi connectivity index (χ1) is 9.66. The summed E-state index contributed by atoms with van der Waals surface area (Å²) in [5.41, 5.74) is -0.0337. The van der Waals surface area contributed by atoms with Crippen LogP contribution in [0.3, 0.4) is 0 Å². The van der Waals surface area contributed by atoms with E-state index in [9.17, 15) is 9.59 Å². The lowest BCUT2D eigenvalue weighted by Crippen LogP contribution is -2.29. The Kier molecular flexibility index (Phi) is 5.17. The number of rotatable bonds is 6. The zero-order valence-corrected chi connectivity index (χ0v) is 11.3. The van der Waals surface area contributed by atoms with E-state index in [0.717, 1.165) is 19.1 Å². The number of hydrogen-bond donors (Lipinski definition) is 2. The van der Waals surface area contributed by atoms with Crippen molar-refractivity contribution in [3.05, 3.63) is 23.7 Å². The average molecular weight is 281 g/mol. The highest BCUT2D eigenvalue weighted by atomic mass is 16.5. The monoisotopic (exact) mass is 281 g/mol. The third-order valence-electron chi connectivity index (χ3n) is 3.36. The molecular weight excluding hydrogens is 262 g/mol. The molecule has 0 spiro atoms. The summed E-state index contributed by atoms with van der Waals surface area (Å²) in [5, 5.41) is 11.4. The Bertz CT molecular complexity index is 462. The van der Waals surface area contributed by atoms with Gasteiger partial charge in [0.05, 0.1) is 18.3 Å². The first kappa shape index (κ1) is 14.6. The molecule has 110 valence electrons. The maximum absolute atomic E-state index is 11.7. The summed E-state index contributed by atoms with van der Waals surface area (Å²) in [4.78, 5) is 22.3. The van der Waals surface area contributed by atoms with Crippen LogP contribution in [0.2, 0.25) is 0 Å². The molecule has 2 N–H and O–H groups in total. The Morgan fingerprint density at radius 2 is 2.10 bits per heavy atom. The van der Waals surface area contributed by atoms with E-state index >= 15 is 0 Å². The second-order valence-electron chi connectivity index (χ2n) is 4.89. The molecule has 1 saturated carbocycles. The third-order valence-corrected chi connectivity index (χ3v) is 3.36. The minimum atomic E-state index is -1.12. The highest BCUT2D eigenvalue weighted by Gasteiger charge is 2.15. The zero-order valence-electron chi connectivity index (χ0n) is 11.3. The van der Waals surface area contributed by atoms with Gasteiger partial charge in [-0.05, 0) is 12.8 Å². The van der Waals surface area contributed by atoms with E-state index in [1.807, 2.05) is 0 Å². The number of furan rings is 1. The van der Waals surface area contributed by atoms with Crippen LogP contribution >= 0.6 is 0 Å². The Labute approximate surface area is 117 Å². The van der Waals surface area contributed by atoms with Gasteiger partial charge in [-0.25, -0.2) is 4.79 Å². The van der Waals surface area contributed by atoms with E-state index < -0.39 is 11.9 Å². The molecule has 1 amide bonds. The summed E-state index contributed by atoms with van der Waals surface area (Å²) in [6, 6.07) is 1.21. The minimum Gasteiger partial charge on any atom is -0.478 e. The molecule has 0 saturated heterocycles. The van der Waals surface area contributed by atoms with Crippen molar-refractivity contribution in [3.63, 3.8) is 0 Å². The fourth-order valence-corrected chi connectivity index (χ4v) is 2.28. The van der Waals surface area contributed by atoms with Crippen LogP contribution in [0.4, 0.5) is 0 Å². The van der Waals surface area contributed by atoms with Crippen LogP contribution in [0.1, 0.15) is 53.0 Å². The van der Waals surface area contributed by atoms with E-state index in [0.29, 0.717) is 19.3 Å². The quantitative estimate of drug-likeness (QED) is 0.779. The Morgan fingerprint density at radius 1 is 1.35 bits per heavy atom. The first-order valence-electron chi connectivity index (χ1n) is 6.88. The topological polar surface area (TPSA) is 88.8 Å². The molecule has 6 heteroatoms. The molecule has 0 unspecified atom stereocenters. The molecule has 0 atom stereocenters. The Balaban J connectivity index is 1.67. The van der Waals surface area contributed by atoms with Gasteiger partial charge in [0, 0.05) is 12.6 Å². The van der Waals surface area contributed by atoms with Gasteiger partial charge in [-0.2, -0.15) is 0 Å². The number of ether oxygens (including phenoxy) is 1. The lowest BCUT2D eigenvalue weighted by Gasteiger charge is -2.21. The summed E-state index contributed by atoms with van der Waals surface area (Å²) >= 11 is 0. The molecule has 1 aromatic heterocycles. The number of carboxylic acid groups (broad SMARTS) is 1. The van der Waals surface area contributed by atoms with Crippen LogP contribution in [0.15, 0.2) is 16.7 Å². The molecule has 0 bridgehead atoms. The Morgan fingerprint density at radius 3 is 2.75 bits per heavy atom. The van der Waals surface area contributed by atoms with Crippen LogP contribution in [0.5, 0.6) is 0 Å². The maximum atomic E-state index is 11.7. The molecular formula is C14H19NO5. The minimum absolute atomic E-state index is 0.0000615. The molecule has 2 rings (SSSR count). The van der Waals surface area contributed by atoms with Crippen LogP contribution in [-0.2, 0) is 4.74 Å². The number of aromatic carboxylic acids is 1. The van der Waals surface area contributed by atoms with E-state index in [4.69, 9.17) is 14.3 Å². The molecule has 20 heavy (non-hydrogen) atoms. The second kappa shape index (κ2) is 7.09. The molecule has 1 aliphatic rings. The van der Waals surface area contributed by atoms with Gasteiger partial charge in [0.25, 0.3) is 5.91 Å². The fourth-order valence-electron chi connectivity index (χ4n) is 2.28. The largest absolute Gasteiger partial charge is 0.478 e. The molecule has 0 radical (unpaired) electrons. The van der Waals surface area contributed by atoms with Crippen LogP contribution < -0.4 is 5.32 Å². The number of carboxylic acids is 1. The second-order valence-corrected chi connectivity index (χ2v) is 4.89. The zero-order chi connectivity index (χ0) is 14.4. The maximum Gasteiger partial charge on any atom is 0.338 e. The van der Waals surface area contributed by atoms with E-state index in [2.05, 4.69) is 5.32 Å². The smallest absolute Gasteiger partial charge is 0.338 e. The summed E-state index contributed by atoms with van der Waals surface area (Å²) in [7, 11) is 0. The predicted molar refractivity (Wildman–Crippen MR) is 70.8 cm³/mol. The highest BCUT2D eigenvalue weighted by molar-refractivity contribution is 5.95. The van der Waals surface area contributed by atoms with Crippen molar-refractivity contribution in [3.8, 4) is 0 Å². The van der Waals surface area contributed by atoms with Crippen molar-refractivity contribution >= 4 is 11.9 Å². The summed E-state index contributed by atoms with van der Waals surface area (Å²) in [5.74, 6) is -1.54. The van der Waals surface area contributed by atoms with E-state index in [1.165, 1.54) is 25.3 Å². The van der Waals surface area contributed by atoms with Gasteiger partial charge in [-0.1, -0.05) is 19.3 Å². The SMILES string of the molecule is O=C(O)c1coc(C(=O)NCCOC2CCCCC2)c1. The lowest BCUT2D eigenvalue weighted by atomic mass is 9.98. The summed E-state index contributed by atoms with van der Waals surface area (Å²) in [6.07, 6.45) is 7.24. The number of amides is 1. The number of hydrogen-bond acceptors (Lipinski definition) is 4. The summed E-state index contributed by atoms with van der Waals surface area (Å²) < 4.78 is 10.6. The van der Waals surface area contributed by atoms with Crippen molar-refractivity contribution in [2.45, 2.75) is 38.2 Å². The number of nitrogens with one attached hydrogen (secondary N) is 1. The van der Waals surface area contributed by atoms with Crippen LogP contribution in [0.25, 0.3) is 0 Å². The van der Waals surface area contributed by atoms with Crippen molar-refractivity contribution < 1.29 is 23.8 Å². The van der Waals surface area contributed by atoms with Gasteiger partial charge in [-0.15, -0.1) is 0 Å². The van der Waals surface area contributed by atoms with Crippen molar-refractivity contribution in [1.82, 2.24) is 5.32 Å². The van der Waals surface area contributed by atoms with Gasteiger partial charge >= 0.3 is 5.97 Å². The normalized spacial score (nSPS) is 16.0. The standard InChI is InChI=1S/C14H19NO5/c16-13(12-8-10(9-20-12)14(17)18)15-6-7-19-11-4-2-1-3-5-11/h8-9,11H,1-7H2,(H,15,16)(H,17,18). The van der Waals surface area contributed by atoms with Crippen molar-refractivity contribution in [2.75, 3.05) is 13.2 Å². The van der Waals surface area contributed by atoms with Gasteiger partial charge in [-0.3, -0.25) is 4.79 Å². The molecule has 1 aromatic rings. The molecule has 0 aliphatic heterocycles. The van der Waals surface area contributed by atoms with E-state index in [-0.39, 0.29) is 11.3 Å². The number of carbonyl (C=O) groups excluding carboxylic acids is 1. The molecule has 6 nitrogen and oxygen atoms in total. The molecule has 0 aromatic carbocycles.